The van der Waals surface area contributed by atoms with Crippen LogP contribution in [-0.2, 0) is 22.9 Å². The van der Waals surface area contributed by atoms with Crippen LogP contribution in [0.4, 0.5) is 5.69 Å². The highest BCUT2D eigenvalue weighted by atomic mass is 32.2. The van der Waals surface area contributed by atoms with Crippen molar-refractivity contribution in [2.45, 2.75) is 29.8 Å². The van der Waals surface area contributed by atoms with Crippen molar-refractivity contribution in [1.29, 1.82) is 5.26 Å². The van der Waals surface area contributed by atoms with Crippen LogP contribution < -0.4 is 5.32 Å². The SMILES string of the molecule is Cc1cc(NCc2cncn2Cc2ccc(C#N)cc2)ccc1S(=O)(=O)c1ccccc1. The summed E-state index contributed by atoms with van der Waals surface area (Å²) in [6.45, 7) is 2.99. The largest absolute Gasteiger partial charge is 0.379 e. The fourth-order valence-corrected chi connectivity index (χ4v) is 5.00. The Hall–Kier alpha value is -3.89. The highest BCUT2D eigenvalue weighted by Crippen LogP contribution is 2.26. The Labute approximate surface area is 187 Å². The zero-order chi connectivity index (χ0) is 22.6. The van der Waals surface area contributed by atoms with Crippen molar-refractivity contribution in [3.05, 3.63) is 108 Å². The molecule has 0 amide bonds. The lowest BCUT2D eigenvalue weighted by Crippen LogP contribution is -2.09. The van der Waals surface area contributed by atoms with Crippen molar-refractivity contribution in [3.8, 4) is 6.07 Å². The monoisotopic (exact) mass is 442 g/mol. The second-order valence-corrected chi connectivity index (χ2v) is 9.39. The van der Waals surface area contributed by atoms with Crippen LogP contribution in [0.5, 0.6) is 0 Å². The van der Waals surface area contributed by atoms with Crippen molar-refractivity contribution in [3.63, 3.8) is 0 Å². The van der Waals surface area contributed by atoms with Crippen molar-refractivity contribution in [2.24, 2.45) is 0 Å². The molecule has 4 rings (SSSR count). The molecule has 7 heteroatoms. The van der Waals surface area contributed by atoms with Gasteiger partial charge in [-0.25, -0.2) is 13.4 Å². The second kappa shape index (κ2) is 9.08. The summed E-state index contributed by atoms with van der Waals surface area (Å²) in [6, 6.07) is 23.3. The smallest absolute Gasteiger partial charge is 0.206 e. The van der Waals surface area contributed by atoms with Gasteiger partial charge in [-0.2, -0.15) is 5.26 Å². The van der Waals surface area contributed by atoms with Gasteiger partial charge in [0.2, 0.25) is 9.84 Å². The first-order valence-corrected chi connectivity index (χ1v) is 11.6. The molecule has 3 aromatic carbocycles. The Morgan fingerprint density at radius 3 is 2.47 bits per heavy atom. The summed E-state index contributed by atoms with van der Waals surface area (Å²) in [7, 11) is -3.55. The van der Waals surface area contributed by atoms with Crippen LogP contribution in [0, 0.1) is 18.3 Å². The third-order valence-corrected chi connectivity index (χ3v) is 7.16. The van der Waals surface area contributed by atoms with Crippen molar-refractivity contribution in [2.75, 3.05) is 5.32 Å². The Morgan fingerprint density at radius 2 is 1.78 bits per heavy atom. The molecule has 1 aromatic heterocycles. The number of aryl methyl sites for hydroxylation is 1. The summed E-state index contributed by atoms with van der Waals surface area (Å²) < 4.78 is 27.9. The third-order valence-electron chi connectivity index (χ3n) is 5.23. The maximum atomic E-state index is 12.9. The highest BCUT2D eigenvalue weighted by molar-refractivity contribution is 7.91. The van der Waals surface area contributed by atoms with Crippen molar-refractivity contribution >= 4 is 15.5 Å². The average molecular weight is 443 g/mol. The molecule has 0 saturated heterocycles. The lowest BCUT2D eigenvalue weighted by atomic mass is 10.1. The van der Waals surface area contributed by atoms with E-state index >= 15 is 0 Å². The van der Waals surface area contributed by atoms with Crippen LogP contribution in [0.1, 0.15) is 22.4 Å². The maximum Gasteiger partial charge on any atom is 0.206 e. The van der Waals surface area contributed by atoms with E-state index < -0.39 is 9.84 Å². The van der Waals surface area contributed by atoms with Crippen LogP contribution >= 0.6 is 0 Å². The number of aromatic nitrogens is 2. The lowest BCUT2D eigenvalue weighted by molar-refractivity contribution is 0.595. The molecule has 4 aromatic rings. The number of nitrogens with one attached hydrogen (secondary N) is 1. The number of imidazole rings is 1. The summed E-state index contributed by atoms with van der Waals surface area (Å²) in [4.78, 5) is 4.85. The summed E-state index contributed by atoms with van der Waals surface area (Å²) in [5.74, 6) is 0. The Morgan fingerprint density at radius 1 is 1.03 bits per heavy atom. The van der Waals surface area contributed by atoms with Gasteiger partial charge in [0.1, 0.15) is 0 Å². The zero-order valence-electron chi connectivity index (χ0n) is 17.6. The van der Waals surface area contributed by atoms with Gasteiger partial charge in [0.25, 0.3) is 0 Å². The fourth-order valence-electron chi connectivity index (χ4n) is 3.50. The van der Waals surface area contributed by atoms with Gasteiger partial charge in [0.05, 0.1) is 40.0 Å². The minimum Gasteiger partial charge on any atom is -0.379 e. The van der Waals surface area contributed by atoms with Gasteiger partial charge >= 0.3 is 0 Å². The lowest BCUT2D eigenvalue weighted by Gasteiger charge is -2.13. The van der Waals surface area contributed by atoms with Gasteiger partial charge in [0, 0.05) is 18.4 Å². The van der Waals surface area contributed by atoms with E-state index in [1.54, 1.807) is 74.0 Å². The van der Waals surface area contributed by atoms with E-state index in [1.807, 2.05) is 22.8 Å². The van der Waals surface area contributed by atoms with Crippen molar-refractivity contribution in [1.82, 2.24) is 9.55 Å². The third kappa shape index (κ3) is 4.56. The van der Waals surface area contributed by atoms with E-state index in [0.29, 0.717) is 29.1 Å². The molecule has 0 aliphatic heterocycles. The summed E-state index contributed by atoms with van der Waals surface area (Å²) in [5, 5.41) is 12.3. The van der Waals surface area contributed by atoms with Gasteiger partial charge in [-0.1, -0.05) is 30.3 Å². The molecular weight excluding hydrogens is 420 g/mol. The van der Waals surface area contributed by atoms with Crippen LogP contribution in [0.15, 0.2) is 95.1 Å². The summed E-state index contributed by atoms with van der Waals surface area (Å²) in [5.41, 5.74) is 4.22. The molecule has 1 N–H and O–H groups in total. The quantitative estimate of drug-likeness (QED) is 0.453. The van der Waals surface area contributed by atoms with E-state index in [0.717, 1.165) is 16.9 Å². The van der Waals surface area contributed by atoms with E-state index in [2.05, 4.69) is 16.4 Å². The number of rotatable bonds is 7. The Bertz CT molecular complexity index is 1370. The number of anilines is 1. The number of nitriles is 1. The number of benzene rings is 3. The maximum absolute atomic E-state index is 12.9. The van der Waals surface area contributed by atoms with Crippen LogP contribution in [0.25, 0.3) is 0 Å². The van der Waals surface area contributed by atoms with Gasteiger partial charge in [0.15, 0.2) is 0 Å². The van der Waals surface area contributed by atoms with Crippen LogP contribution in [0.2, 0.25) is 0 Å². The molecular formula is C25H22N4O2S. The zero-order valence-corrected chi connectivity index (χ0v) is 18.4. The molecule has 0 saturated carbocycles. The van der Waals surface area contributed by atoms with Crippen LogP contribution in [0.3, 0.4) is 0 Å². The fraction of sp³-hybridized carbons (Fsp3) is 0.120. The molecule has 0 aliphatic carbocycles. The first-order valence-electron chi connectivity index (χ1n) is 10.1. The van der Waals surface area contributed by atoms with Gasteiger partial charge in [-0.15, -0.1) is 0 Å². The molecule has 0 fully saturated rings. The Balaban J connectivity index is 1.47. The summed E-state index contributed by atoms with van der Waals surface area (Å²) >= 11 is 0. The molecule has 0 unspecified atom stereocenters. The number of sulfone groups is 1. The predicted molar refractivity (Wildman–Crippen MR) is 123 cm³/mol. The Kier molecular flexibility index (Phi) is 6.06. The molecule has 160 valence electrons. The van der Waals surface area contributed by atoms with Gasteiger partial charge in [-0.05, 0) is 60.5 Å². The van der Waals surface area contributed by atoms with Crippen molar-refractivity contribution < 1.29 is 8.42 Å². The van der Waals surface area contributed by atoms with E-state index in [9.17, 15) is 8.42 Å². The molecule has 6 nitrogen and oxygen atoms in total. The summed E-state index contributed by atoms with van der Waals surface area (Å²) in [6.07, 6.45) is 3.58. The first kappa shape index (κ1) is 21.3. The molecule has 32 heavy (non-hydrogen) atoms. The molecule has 0 bridgehead atoms. The topological polar surface area (TPSA) is 87.8 Å². The first-order chi connectivity index (χ1) is 15.5. The average Bonchev–Trinajstić information content (AvgIpc) is 3.25. The van der Waals surface area contributed by atoms with E-state index in [1.165, 1.54) is 0 Å². The normalized spacial score (nSPS) is 11.1. The minimum absolute atomic E-state index is 0.288. The number of hydrogen-bond donors (Lipinski definition) is 1. The molecule has 1 heterocycles. The molecule has 0 spiro atoms. The second-order valence-electron chi connectivity index (χ2n) is 7.47. The minimum atomic E-state index is -3.55. The van der Waals surface area contributed by atoms with E-state index in [-0.39, 0.29) is 4.90 Å². The number of nitrogens with zero attached hydrogens (tertiary/aromatic N) is 3. The predicted octanol–water partition coefficient (Wildman–Crippen LogP) is 4.56. The van der Waals surface area contributed by atoms with E-state index in [4.69, 9.17) is 5.26 Å². The molecule has 0 atom stereocenters. The number of hydrogen-bond acceptors (Lipinski definition) is 5. The standard InChI is InChI=1S/C25H22N4O2S/c1-19-13-22(11-12-25(19)32(30,31)24-5-3-2-4-6-24)28-16-23-15-27-18-29(23)17-21-9-7-20(14-26)8-10-21/h2-13,15,18,28H,16-17H2,1H3. The van der Waals surface area contributed by atoms with Gasteiger partial charge in [-0.3, -0.25) is 0 Å². The molecule has 0 aliphatic rings. The van der Waals surface area contributed by atoms with Crippen LogP contribution in [-0.4, -0.2) is 18.0 Å². The highest BCUT2D eigenvalue weighted by Gasteiger charge is 2.19. The van der Waals surface area contributed by atoms with Gasteiger partial charge < -0.3 is 9.88 Å². The molecule has 0 radical (unpaired) electrons.